The molecule has 0 unspecified atom stereocenters. The average Bonchev–Trinajstić information content (AvgIpc) is 3.38. The van der Waals surface area contributed by atoms with Crippen LogP contribution in [0, 0.1) is 0 Å². The highest BCUT2D eigenvalue weighted by Gasteiger charge is 2.20. The van der Waals surface area contributed by atoms with Crippen LogP contribution in [0.3, 0.4) is 0 Å². The van der Waals surface area contributed by atoms with Gasteiger partial charge in [0.2, 0.25) is 0 Å². The standard InChI is InChI=1S/C23H27Cl2N5O3S2/c1-13(2)30(4)11-18-20(17-9-15(24)12-34-17)27-23(35-18)28-22(33)14-8-16(25)21(26-10-14)29(3)7-5-6-19(31)32/h8-10,12-13H,5-7,11H2,1-4H3,(H,31,32)(H,27,28,33). The smallest absolute Gasteiger partial charge is 0.303 e. The van der Waals surface area contributed by atoms with Crippen LogP contribution in [0.1, 0.15) is 41.9 Å². The number of carbonyl (C=O) groups is 2. The number of aliphatic carboxylic acids is 1. The Kier molecular flexibility index (Phi) is 9.48. The van der Waals surface area contributed by atoms with Crippen LogP contribution in [-0.2, 0) is 11.3 Å². The number of rotatable bonds is 11. The number of anilines is 2. The summed E-state index contributed by atoms with van der Waals surface area (Å²) >= 11 is 15.5. The lowest BCUT2D eigenvalue weighted by Gasteiger charge is -2.20. The number of thiazole rings is 1. The minimum Gasteiger partial charge on any atom is -0.481 e. The van der Waals surface area contributed by atoms with Crippen molar-refractivity contribution < 1.29 is 14.7 Å². The van der Waals surface area contributed by atoms with Gasteiger partial charge in [-0.3, -0.25) is 19.8 Å². The van der Waals surface area contributed by atoms with Gasteiger partial charge in [0.1, 0.15) is 5.82 Å². The molecule has 35 heavy (non-hydrogen) atoms. The van der Waals surface area contributed by atoms with Crippen LogP contribution >= 0.6 is 45.9 Å². The van der Waals surface area contributed by atoms with Crippen molar-refractivity contribution in [2.75, 3.05) is 30.9 Å². The third-order valence-corrected chi connectivity index (χ3v) is 7.84. The number of nitrogens with one attached hydrogen (secondary N) is 1. The minimum atomic E-state index is -0.851. The molecule has 0 bridgehead atoms. The Morgan fingerprint density at radius 1 is 1.23 bits per heavy atom. The predicted molar refractivity (Wildman–Crippen MR) is 144 cm³/mol. The van der Waals surface area contributed by atoms with Crippen molar-refractivity contribution in [1.29, 1.82) is 0 Å². The third-order valence-electron chi connectivity index (χ3n) is 5.32. The number of carboxylic acids is 1. The van der Waals surface area contributed by atoms with E-state index in [0.717, 1.165) is 15.4 Å². The number of carboxylic acid groups (broad SMARTS) is 1. The van der Waals surface area contributed by atoms with Gasteiger partial charge in [0, 0.05) is 49.1 Å². The maximum Gasteiger partial charge on any atom is 0.303 e. The zero-order valence-corrected chi connectivity index (χ0v) is 23.0. The molecule has 3 aromatic rings. The molecule has 0 spiro atoms. The van der Waals surface area contributed by atoms with Crippen molar-refractivity contribution in [3.05, 3.63) is 44.2 Å². The Hall–Kier alpha value is -2.24. The zero-order chi connectivity index (χ0) is 25.7. The summed E-state index contributed by atoms with van der Waals surface area (Å²) in [6.45, 7) is 5.41. The van der Waals surface area contributed by atoms with Crippen LogP contribution in [-0.4, -0.2) is 58.5 Å². The van der Waals surface area contributed by atoms with Crippen molar-refractivity contribution in [3.8, 4) is 10.6 Å². The molecule has 3 aromatic heterocycles. The topological polar surface area (TPSA) is 98.7 Å². The highest BCUT2D eigenvalue weighted by atomic mass is 35.5. The zero-order valence-electron chi connectivity index (χ0n) is 19.8. The van der Waals surface area contributed by atoms with Crippen LogP contribution in [0.15, 0.2) is 23.7 Å². The highest BCUT2D eigenvalue weighted by Crippen LogP contribution is 2.37. The number of pyridine rings is 1. The largest absolute Gasteiger partial charge is 0.481 e. The molecular weight excluding hydrogens is 529 g/mol. The molecule has 188 valence electrons. The molecule has 1 amide bonds. The first-order valence-corrected chi connectivity index (χ1v) is 13.3. The lowest BCUT2D eigenvalue weighted by Crippen LogP contribution is -2.25. The number of aromatic nitrogens is 2. The molecule has 3 heterocycles. The van der Waals surface area contributed by atoms with E-state index in [0.29, 0.717) is 52.1 Å². The molecule has 0 aliphatic heterocycles. The van der Waals surface area contributed by atoms with Gasteiger partial charge < -0.3 is 10.0 Å². The first-order chi connectivity index (χ1) is 16.5. The van der Waals surface area contributed by atoms with Crippen molar-refractivity contribution >= 4 is 68.7 Å². The van der Waals surface area contributed by atoms with Gasteiger partial charge >= 0.3 is 5.97 Å². The SMILES string of the molecule is CC(C)N(C)Cc1sc(NC(=O)c2cnc(N(C)CCCC(=O)O)c(Cl)c2)nc1-c1cc(Cl)cs1. The molecule has 0 atom stereocenters. The van der Waals surface area contributed by atoms with Crippen LogP contribution in [0.2, 0.25) is 10.0 Å². The summed E-state index contributed by atoms with van der Waals surface area (Å²) in [5.41, 5.74) is 1.11. The number of nitrogens with zero attached hydrogens (tertiary/aromatic N) is 4. The maximum absolute atomic E-state index is 12.9. The number of hydrogen-bond acceptors (Lipinski definition) is 8. The van der Waals surface area contributed by atoms with E-state index in [9.17, 15) is 9.59 Å². The molecule has 8 nitrogen and oxygen atoms in total. The third kappa shape index (κ3) is 7.37. The Morgan fingerprint density at radius 2 is 1.97 bits per heavy atom. The summed E-state index contributed by atoms with van der Waals surface area (Å²) in [5.74, 6) is -0.734. The van der Waals surface area contributed by atoms with Gasteiger partial charge in [-0.25, -0.2) is 9.97 Å². The maximum atomic E-state index is 12.9. The number of hydrogen-bond donors (Lipinski definition) is 2. The first kappa shape index (κ1) is 27.3. The Morgan fingerprint density at radius 3 is 2.57 bits per heavy atom. The monoisotopic (exact) mass is 555 g/mol. The quantitative estimate of drug-likeness (QED) is 0.300. The second kappa shape index (κ2) is 12.1. The fraction of sp³-hybridized carbons (Fsp3) is 0.391. The second-order valence-electron chi connectivity index (χ2n) is 8.33. The summed E-state index contributed by atoms with van der Waals surface area (Å²) in [6, 6.07) is 3.78. The van der Waals surface area contributed by atoms with E-state index in [1.807, 2.05) is 18.5 Å². The molecule has 0 fully saturated rings. The number of carbonyl (C=O) groups excluding carboxylic acids is 1. The van der Waals surface area contributed by atoms with Crippen LogP contribution in [0.25, 0.3) is 10.6 Å². The Labute approximate surface area is 222 Å². The molecule has 3 rings (SSSR count). The van der Waals surface area contributed by atoms with E-state index in [4.69, 9.17) is 28.3 Å². The van der Waals surface area contributed by atoms with E-state index in [-0.39, 0.29) is 12.3 Å². The number of halogens is 2. The van der Waals surface area contributed by atoms with Crippen molar-refractivity contribution in [2.24, 2.45) is 0 Å². The van der Waals surface area contributed by atoms with Gasteiger partial charge in [0.15, 0.2) is 5.13 Å². The molecule has 0 aliphatic rings. The van der Waals surface area contributed by atoms with Gasteiger partial charge in [-0.15, -0.1) is 11.3 Å². The predicted octanol–water partition coefficient (Wildman–Crippen LogP) is 5.97. The van der Waals surface area contributed by atoms with Crippen LogP contribution in [0.4, 0.5) is 10.9 Å². The van der Waals surface area contributed by atoms with Gasteiger partial charge in [-0.05, 0) is 39.4 Å². The Bertz CT molecular complexity index is 1200. The van der Waals surface area contributed by atoms with Gasteiger partial charge in [-0.1, -0.05) is 34.5 Å². The van der Waals surface area contributed by atoms with Crippen molar-refractivity contribution in [2.45, 2.75) is 39.3 Å². The molecule has 0 aliphatic carbocycles. The number of amides is 1. The Balaban J connectivity index is 1.77. The fourth-order valence-electron chi connectivity index (χ4n) is 3.13. The van der Waals surface area contributed by atoms with E-state index in [1.54, 1.807) is 18.0 Å². The molecule has 0 aromatic carbocycles. The van der Waals surface area contributed by atoms with Gasteiger partial charge in [0.25, 0.3) is 5.91 Å². The summed E-state index contributed by atoms with van der Waals surface area (Å²) < 4.78 is 0. The van der Waals surface area contributed by atoms with Gasteiger partial charge in [-0.2, -0.15) is 0 Å². The normalized spacial score (nSPS) is 11.3. The van der Waals surface area contributed by atoms with E-state index < -0.39 is 5.97 Å². The second-order valence-corrected chi connectivity index (χ2v) is 11.2. The summed E-state index contributed by atoms with van der Waals surface area (Å²) in [6.07, 6.45) is 1.97. The van der Waals surface area contributed by atoms with E-state index >= 15 is 0 Å². The minimum absolute atomic E-state index is 0.0604. The number of thiophene rings is 1. The summed E-state index contributed by atoms with van der Waals surface area (Å²) in [4.78, 5) is 38.6. The van der Waals surface area contributed by atoms with Crippen molar-refractivity contribution in [1.82, 2.24) is 14.9 Å². The highest BCUT2D eigenvalue weighted by molar-refractivity contribution is 7.17. The lowest BCUT2D eigenvalue weighted by atomic mass is 10.2. The molecule has 0 saturated carbocycles. The molecule has 0 saturated heterocycles. The summed E-state index contributed by atoms with van der Waals surface area (Å²) in [5, 5.41) is 15.0. The first-order valence-electron chi connectivity index (χ1n) is 10.9. The van der Waals surface area contributed by atoms with E-state index in [2.05, 4.69) is 34.0 Å². The van der Waals surface area contributed by atoms with Crippen molar-refractivity contribution in [3.63, 3.8) is 0 Å². The van der Waals surface area contributed by atoms with Crippen LogP contribution < -0.4 is 10.2 Å². The fourth-order valence-corrected chi connectivity index (χ4v) is 5.63. The average molecular weight is 557 g/mol. The molecule has 0 radical (unpaired) electrons. The lowest BCUT2D eigenvalue weighted by molar-refractivity contribution is -0.137. The van der Waals surface area contributed by atoms with Gasteiger partial charge in [0.05, 0.1) is 26.2 Å². The van der Waals surface area contributed by atoms with E-state index in [1.165, 1.54) is 28.9 Å². The summed E-state index contributed by atoms with van der Waals surface area (Å²) in [7, 11) is 3.82. The molecular formula is C23H27Cl2N5O3S2. The molecule has 12 heteroatoms. The molecule has 2 N–H and O–H groups in total. The van der Waals surface area contributed by atoms with Crippen LogP contribution in [0.5, 0.6) is 0 Å².